The van der Waals surface area contributed by atoms with Crippen LogP contribution in [0.15, 0.2) is 24.4 Å². The molecule has 1 aliphatic heterocycles. The molecule has 0 spiro atoms. The van der Waals surface area contributed by atoms with E-state index in [2.05, 4.69) is 24.3 Å². The standard InChI is InChI=1S/C19H22ClN5O/c1-4-11(5-2)25-19-13(10-21-25)12(9-16(26)22-19)18-17-14(20)7-6-8-15(17)24(3)23-18/h6-8,10-12H,4-5,9H2,1-3H3,(H,22,26). The highest BCUT2D eigenvalue weighted by atomic mass is 35.5. The molecule has 1 aliphatic rings. The summed E-state index contributed by atoms with van der Waals surface area (Å²) in [5.74, 6) is 0.636. The summed E-state index contributed by atoms with van der Waals surface area (Å²) in [6, 6.07) is 6.05. The minimum Gasteiger partial charge on any atom is -0.311 e. The summed E-state index contributed by atoms with van der Waals surface area (Å²) in [5.41, 5.74) is 2.82. The van der Waals surface area contributed by atoms with Gasteiger partial charge >= 0.3 is 0 Å². The van der Waals surface area contributed by atoms with E-state index in [9.17, 15) is 4.79 Å². The summed E-state index contributed by atoms with van der Waals surface area (Å²) in [4.78, 5) is 12.5. The van der Waals surface area contributed by atoms with Crippen LogP contribution in [0.4, 0.5) is 5.82 Å². The summed E-state index contributed by atoms with van der Waals surface area (Å²) < 4.78 is 3.78. The lowest BCUT2D eigenvalue weighted by atomic mass is 9.89. The predicted molar refractivity (Wildman–Crippen MR) is 103 cm³/mol. The Bertz CT molecular complexity index is 985. The maximum absolute atomic E-state index is 12.5. The monoisotopic (exact) mass is 371 g/mol. The third kappa shape index (κ3) is 2.51. The highest BCUT2D eigenvalue weighted by molar-refractivity contribution is 6.35. The molecule has 0 saturated carbocycles. The van der Waals surface area contributed by atoms with Crippen molar-refractivity contribution in [2.75, 3.05) is 5.32 Å². The van der Waals surface area contributed by atoms with E-state index in [0.717, 1.165) is 40.8 Å². The van der Waals surface area contributed by atoms with Gasteiger partial charge in [-0.05, 0) is 25.0 Å². The molecule has 1 aromatic carbocycles. The lowest BCUT2D eigenvalue weighted by molar-refractivity contribution is -0.116. The number of fused-ring (bicyclic) bond motifs is 2. The zero-order valence-corrected chi connectivity index (χ0v) is 15.9. The van der Waals surface area contributed by atoms with Crippen LogP contribution >= 0.6 is 11.6 Å². The molecule has 7 heteroatoms. The first-order chi connectivity index (χ1) is 12.5. The fraction of sp³-hybridized carbons (Fsp3) is 0.421. The molecule has 1 N–H and O–H groups in total. The Morgan fingerprint density at radius 3 is 2.85 bits per heavy atom. The molecule has 2 aromatic heterocycles. The lowest BCUT2D eigenvalue weighted by Crippen LogP contribution is -2.26. The molecule has 0 saturated heterocycles. The van der Waals surface area contributed by atoms with Crippen LogP contribution in [0.2, 0.25) is 5.02 Å². The zero-order valence-electron chi connectivity index (χ0n) is 15.2. The molecule has 0 aliphatic carbocycles. The van der Waals surface area contributed by atoms with E-state index in [-0.39, 0.29) is 17.9 Å². The maximum atomic E-state index is 12.5. The molecular weight excluding hydrogens is 350 g/mol. The van der Waals surface area contributed by atoms with Gasteiger partial charge in [0, 0.05) is 30.3 Å². The maximum Gasteiger partial charge on any atom is 0.226 e. The fourth-order valence-corrected chi connectivity index (χ4v) is 4.21. The highest BCUT2D eigenvalue weighted by Crippen LogP contribution is 2.42. The molecule has 0 fully saturated rings. The van der Waals surface area contributed by atoms with Crippen molar-refractivity contribution in [1.29, 1.82) is 0 Å². The topological polar surface area (TPSA) is 64.7 Å². The SMILES string of the molecule is CCC(CC)n1ncc2c1NC(=O)CC2c1nn(C)c2cccc(Cl)c12. The number of aryl methyl sites for hydroxylation is 1. The molecule has 26 heavy (non-hydrogen) atoms. The van der Waals surface area contributed by atoms with Crippen LogP contribution in [0, 0.1) is 0 Å². The molecule has 136 valence electrons. The van der Waals surface area contributed by atoms with Gasteiger partial charge < -0.3 is 5.32 Å². The molecular formula is C19H22ClN5O. The van der Waals surface area contributed by atoms with Gasteiger partial charge in [0.15, 0.2) is 0 Å². The second-order valence-electron chi connectivity index (χ2n) is 6.81. The second kappa shape index (κ2) is 6.43. The summed E-state index contributed by atoms with van der Waals surface area (Å²) in [7, 11) is 1.90. The molecule has 6 nitrogen and oxygen atoms in total. The molecule has 3 heterocycles. The first kappa shape index (κ1) is 17.1. The zero-order chi connectivity index (χ0) is 18.4. The van der Waals surface area contributed by atoms with Crippen LogP contribution < -0.4 is 5.32 Å². The van der Waals surface area contributed by atoms with Gasteiger partial charge in [0.25, 0.3) is 0 Å². The number of carbonyl (C=O) groups is 1. The number of hydrogen-bond acceptors (Lipinski definition) is 3. The number of rotatable bonds is 4. The Hall–Kier alpha value is -2.34. The number of hydrogen-bond donors (Lipinski definition) is 1. The van der Waals surface area contributed by atoms with Crippen LogP contribution in [0.25, 0.3) is 10.9 Å². The molecule has 3 aromatic rings. The Balaban J connectivity index is 1.90. The average molecular weight is 372 g/mol. The molecule has 1 amide bonds. The van der Waals surface area contributed by atoms with Crippen molar-refractivity contribution in [2.24, 2.45) is 7.05 Å². The first-order valence-electron chi connectivity index (χ1n) is 9.03. The summed E-state index contributed by atoms with van der Waals surface area (Å²) in [5, 5.41) is 13.9. The fourth-order valence-electron chi connectivity index (χ4n) is 3.94. The van der Waals surface area contributed by atoms with Crippen molar-refractivity contribution in [1.82, 2.24) is 19.6 Å². The van der Waals surface area contributed by atoms with Crippen molar-refractivity contribution in [3.8, 4) is 0 Å². The second-order valence-corrected chi connectivity index (χ2v) is 7.22. The van der Waals surface area contributed by atoms with E-state index < -0.39 is 0 Å². The largest absolute Gasteiger partial charge is 0.311 e. The third-order valence-electron chi connectivity index (χ3n) is 5.32. The van der Waals surface area contributed by atoms with E-state index in [1.165, 1.54) is 0 Å². The predicted octanol–water partition coefficient (Wildman–Crippen LogP) is 4.26. The molecule has 1 unspecified atom stereocenters. The Kier molecular flexibility index (Phi) is 4.23. The summed E-state index contributed by atoms with van der Waals surface area (Å²) >= 11 is 6.48. The number of nitrogens with zero attached hydrogens (tertiary/aromatic N) is 4. The number of benzene rings is 1. The van der Waals surface area contributed by atoms with Crippen LogP contribution in [0.3, 0.4) is 0 Å². The number of nitrogens with one attached hydrogen (secondary N) is 1. The van der Waals surface area contributed by atoms with Crippen LogP contribution in [0.5, 0.6) is 0 Å². The Labute approximate surface area is 157 Å². The number of carbonyl (C=O) groups excluding carboxylic acids is 1. The van der Waals surface area contributed by atoms with Gasteiger partial charge in [0.1, 0.15) is 5.82 Å². The Morgan fingerprint density at radius 2 is 2.12 bits per heavy atom. The van der Waals surface area contributed by atoms with Crippen molar-refractivity contribution < 1.29 is 4.79 Å². The minimum atomic E-state index is -0.148. The van der Waals surface area contributed by atoms with E-state index in [4.69, 9.17) is 16.7 Å². The smallest absolute Gasteiger partial charge is 0.226 e. The number of halogens is 1. The average Bonchev–Trinajstić information content (AvgIpc) is 3.18. The van der Waals surface area contributed by atoms with Crippen molar-refractivity contribution in [3.05, 3.63) is 40.7 Å². The van der Waals surface area contributed by atoms with Gasteiger partial charge in [0.2, 0.25) is 5.91 Å². The van der Waals surface area contributed by atoms with E-state index in [1.54, 1.807) is 0 Å². The summed E-state index contributed by atoms with van der Waals surface area (Å²) in [6.45, 7) is 4.27. The van der Waals surface area contributed by atoms with Crippen LogP contribution in [-0.4, -0.2) is 25.5 Å². The van der Waals surface area contributed by atoms with Crippen molar-refractivity contribution in [3.63, 3.8) is 0 Å². The highest BCUT2D eigenvalue weighted by Gasteiger charge is 2.34. The minimum absolute atomic E-state index is 0.0129. The van der Waals surface area contributed by atoms with Gasteiger partial charge in [-0.15, -0.1) is 0 Å². The van der Waals surface area contributed by atoms with E-state index in [1.807, 2.05) is 40.8 Å². The van der Waals surface area contributed by atoms with Crippen molar-refractivity contribution in [2.45, 2.75) is 45.1 Å². The van der Waals surface area contributed by atoms with Crippen molar-refractivity contribution >= 4 is 34.2 Å². The number of anilines is 1. The Morgan fingerprint density at radius 1 is 1.35 bits per heavy atom. The van der Waals surface area contributed by atoms with Gasteiger partial charge in [-0.25, -0.2) is 4.68 Å². The van der Waals surface area contributed by atoms with Gasteiger partial charge in [-0.1, -0.05) is 31.5 Å². The molecule has 0 bridgehead atoms. The van der Waals surface area contributed by atoms with E-state index >= 15 is 0 Å². The first-order valence-corrected chi connectivity index (χ1v) is 9.41. The number of aromatic nitrogens is 4. The number of amides is 1. The molecule has 1 atom stereocenters. The van der Waals surface area contributed by atoms with Crippen LogP contribution in [0.1, 0.15) is 56.3 Å². The summed E-state index contributed by atoms with van der Waals surface area (Å²) in [6.07, 6.45) is 4.14. The van der Waals surface area contributed by atoms with Gasteiger partial charge in [-0.3, -0.25) is 9.48 Å². The third-order valence-corrected chi connectivity index (χ3v) is 5.63. The lowest BCUT2D eigenvalue weighted by Gasteiger charge is -2.24. The molecule has 4 rings (SSSR count). The molecule has 0 radical (unpaired) electrons. The van der Waals surface area contributed by atoms with Gasteiger partial charge in [-0.2, -0.15) is 10.2 Å². The van der Waals surface area contributed by atoms with Gasteiger partial charge in [0.05, 0.1) is 28.5 Å². The normalized spacial score (nSPS) is 17.0. The van der Waals surface area contributed by atoms with Crippen LogP contribution in [-0.2, 0) is 11.8 Å². The quantitative estimate of drug-likeness (QED) is 0.745. The van der Waals surface area contributed by atoms with E-state index in [0.29, 0.717) is 11.4 Å².